The van der Waals surface area contributed by atoms with Crippen LogP contribution >= 0.6 is 0 Å². The summed E-state index contributed by atoms with van der Waals surface area (Å²) >= 11 is 0. The Bertz CT molecular complexity index is 359. The second-order valence-electron chi connectivity index (χ2n) is 2.29. The van der Waals surface area contributed by atoms with Crippen molar-refractivity contribution in [2.75, 3.05) is 0 Å². The fourth-order valence-electron chi connectivity index (χ4n) is 0.169. The van der Waals surface area contributed by atoms with Crippen LogP contribution in [0.2, 0.25) is 0 Å². The molecule has 0 aromatic heterocycles. The number of nitrogens with one attached hydrogen (secondary N) is 1. The van der Waals surface area contributed by atoms with Gasteiger partial charge in [0.1, 0.15) is 0 Å². The first-order valence-corrected chi connectivity index (χ1v) is 4.91. The summed E-state index contributed by atoms with van der Waals surface area (Å²) in [6, 6.07) is 0. The topological polar surface area (TPSA) is 127 Å². The highest BCUT2D eigenvalue weighted by atomic mass is 32.2. The second-order valence-corrected chi connectivity index (χ2v) is 3.44. The maximum Gasteiger partial charge on any atom is 0.359 e. The average molecular weight is 236 g/mol. The van der Waals surface area contributed by atoms with Crippen molar-refractivity contribution in [3.63, 3.8) is 0 Å². The molecule has 0 bridgehead atoms. The van der Waals surface area contributed by atoms with E-state index in [9.17, 15) is 18.0 Å². The Hall–Kier alpha value is -1.67. The number of hydrogen-bond donors (Lipinski definition) is 3. The summed E-state index contributed by atoms with van der Waals surface area (Å²) in [7, 11) is -4.41. The highest BCUT2D eigenvalue weighted by Gasteiger charge is 2.04. The Morgan fingerprint density at radius 3 is 1.87 bits per heavy atom. The molecule has 0 heterocycles. The van der Waals surface area contributed by atoms with Crippen LogP contribution in [0.1, 0.15) is 6.92 Å². The lowest BCUT2D eigenvalue weighted by molar-refractivity contribution is -0.115. The zero-order valence-corrected chi connectivity index (χ0v) is 8.87. The first-order valence-electron chi connectivity index (χ1n) is 3.47. The van der Waals surface area contributed by atoms with E-state index in [-0.39, 0.29) is 0 Å². The van der Waals surface area contributed by atoms with E-state index in [1.165, 1.54) is 4.72 Å². The van der Waals surface area contributed by atoms with Gasteiger partial charge in [0.15, 0.2) is 0 Å². The maximum atomic E-state index is 10.1. The molecule has 0 radical (unpaired) electrons. The summed E-state index contributed by atoms with van der Waals surface area (Å²) in [5.74, 6) is -1.40. The third kappa shape index (κ3) is 15.1. The molecule has 8 heteroatoms. The van der Waals surface area contributed by atoms with Gasteiger partial charge in [-0.15, -0.1) is 0 Å². The second kappa shape index (κ2) is 6.74. The van der Waals surface area contributed by atoms with Gasteiger partial charge in [0.25, 0.3) is 5.91 Å². The van der Waals surface area contributed by atoms with Crippen LogP contribution in [-0.4, -0.2) is 24.8 Å². The molecule has 0 aliphatic heterocycles. The predicted molar refractivity (Wildman–Crippen MR) is 53.9 cm³/mol. The standard InChI is InChI=1S/C4H7NO.C3H5NO4S/c1-3(2)4(5)6;1-2-3(5)4-9(6,7)8/h1H2,2H3,(H2,5,6);2H,1H2,(H,4,5)(H,6,7,8). The van der Waals surface area contributed by atoms with E-state index in [1.54, 1.807) is 6.92 Å². The Labute approximate surface area is 87.5 Å². The van der Waals surface area contributed by atoms with E-state index in [0.717, 1.165) is 6.08 Å². The highest BCUT2D eigenvalue weighted by molar-refractivity contribution is 7.84. The molecule has 0 aliphatic carbocycles. The smallest absolute Gasteiger partial charge is 0.359 e. The number of nitrogens with two attached hydrogens (primary N) is 1. The summed E-state index contributed by atoms with van der Waals surface area (Å²) in [5.41, 5.74) is 5.09. The van der Waals surface area contributed by atoms with Gasteiger partial charge in [0.2, 0.25) is 5.91 Å². The minimum atomic E-state index is -4.41. The fourth-order valence-corrected chi connectivity index (χ4v) is 0.506. The normalized spacial score (nSPS) is 9.20. The number of carbonyl (C=O) groups excluding carboxylic acids is 2. The number of primary amides is 1. The molecular weight excluding hydrogens is 224 g/mol. The molecule has 0 unspecified atom stereocenters. The molecular formula is C7H12N2O5S. The van der Waals surface area contributed by atoms with Gasteiger partial charge < -0.3 is 5.73 Å². The Balaban J connectivity index is 0. The minimum Gasteiger partial charge on any atom is -0.366 e. The van der Waals surface area contributed by atoms with Gasteiger partial charge in [-0.2, -0.15) is 8.42 Å². The number of amides is 2. The predicted octanol–water partition coefficient (Wildman–Crippen LogP) is -0.861. The summed E-state index contributed by atoms with van der Waals surface area (Å²) < 4.78 is 28.7. The van der Waals surface area contributed by atoms with Crippen molar-refractivity contribution in [3.05, 3.63) is 24.8 Å². The zero-order valence-electron chi connectivity index (χ0n) is 8.06. The van der Waals surface area contributed by atoms with E-state index in [0.29, 0.717) is 5.57 Å². The van der Waals surface area contributed by atoms with Crippen molar-refractivity contribution in [1.29, 1.82) is 0 Å². The van der Waals surface area contributed by atoms with Crippen LogP contribution in [0.5, 0.6) is 0 Å². The Morgan fingerprint density at radius 1 is 1.47 bits per heavy atom. The summed E-state index contributed by atoms with van der Waals surface area (Å²) in [4.78, 5) is 19.9. The van der Waals surface area contributed by atoms with Crippen LogP contribution in [0.25, 0.3) is 0 Å². The third-order valence-corrected chi connectivity index (χ3v) is 1.29. The van der Waals surface area contributed by atoms with Crippen molar-refractivity contribution in [2.45, 2.75) is 6.92 Å². The molecule has 2 amide bonds. The van der Waals surface area contributed by atoms with Crippen LogP contribution in [0.3, 0.4) is 0 Å². The molecule has 0 fully saturated rings. The van der Waals surface area contributed by atoms with Crippen molar-refractivity contribution in [1.82, 2.24) is 4.72 Å². The molecule has 0 saturated carbocycles. The summed E-state index contributed by atoms with van der Waals surface area (Å²) in [6.45, 7) is 7.81. The van der Waals surface area contributed by atoms with Gasteiger partial charge >= 0.3 is 10.3 Å². The average Bonchev–Trinajstić information content (AvgIpc) is 2.02. The molecule has 7 nitrogen and oxygen atoms in total. The fraction of sp³-hybridized carbons (Fsp3) is 0.143. The van der Waals surface area contributed by atoms with Crippen LogP contribution in [-0.2, 0) is 19.9 Å². The first-order chi connectivity index (χ1) is 6.60. The van der Waals surface area contributed by atoms with E-state index in [1.807, 2.05) is 0 Å². The zero-order chi connectivity index (χ0) is 12.6. The van der Waals surface area contributed by atoms with Gasteiger partial charge in [0, 0.05) is 5.57 Å². The summed E-state index contributed by atoms with van der Waals surface area (Å²) in [5, 5.41) is 0. The van der Waals surface area contributed by atoms with Crippen molar-refractivity contribution >= 4 is 22.1 Å². The van der Waals surface area contributed by atoms with E-state index in [2.05, 4.69) is 13.2 Å². The minimum absolute atomic E-state index is 0.398. The SMILES string of the molecule is C=C(C)C(N)=O.C=CC(=O)NS(=O)(=O)O. The largest absolute Gasteiger partial charge is 0.366 e. The van der Waals surface area contributed by atoms with Crippen LogP contribution in [0, 0.1) is 0 Å². The molecule has 0 aromatic carbocycles. The lowest BCUT2D eigenvalue weighted by Crippen LogP contribution is -2.27. The molecule has 0 spiro atoms. The molecule has 0 aliphatic rings. The van der Waals surface area contributed by atoms with Crippen LogP contribution in [0.15, 0.2) is 24.8 Å². The molecule has 86 valence electrons. The van der Waals surface area contributed by atoms with E-state index in [4.69, 9.17) is 10.3 Å². The van der Waals surface area contributed by atoms with Gasteiger partial charge in [-0.3, -0.25) is 14.1 Å². The monoisotopic (exact) mass is 236 g/mol. The third-order valence-electron chi connectivity index (χ3n) is 0.836. The molecule has 0 saturated heterocycles. The van der Waals surface area contributed by atoms with Crippen molar-refractivity contribution in [3.8, 4) is 0 Å². The van der Waals surface area contributed by atoms with E-state index < -0.39 is 22.1 Å². The maximum absolute atomic E-state index is 10.1. The molecule has 0 rings (SSSR count). The van der Waals surface area contributed by atoms with Gasteiger partial charge in [-0.25, -0.2) is 4.72 Å². The Kier molecular flexibility index (Phi) is 7.09. The molecule has 0 aromatic rings. The highest BCUT2D eigenvalue weighted by Crippen LogP contribution is 1.78. The van der Waals surface area contributed by atoms with Gasteiger partial charge in [0.05, 0.1) is 0 Å². The number of hydrogen-bond acceptors (Lipinski definition) is 4. The molecule has 0 atom stereocenters. The lowest BCUT2D eigenvalue weighted by atomic mass is 10.3. The molecule has 4 N–H and O–H groups in total. The number of rotatable bonds is 3. The summed E-state index contributed by atoms with van der Waals surface area (Å²) in [6.07, 6.45) is 0.730. The van der Waals surface area contributed by atoms with E-state index >= 15 is 0 Å². The Morgan fingerprint density at radius 2 is 1.80 bits per heavy atom. The number of carbonyl (C=O) groups is 2. The van der Waals surface area contributed by atoms with Gasteiger partial charge in [-0.1, -0.05) is 13.2 Å². The van der Waals surface area contributed by atoms with Gasteiger partial charge in [-0.05, 0) is 13.0 Å². The van der Waals surface area contributed by atoms with Crippen LogP contribution in [0.4, 0.5) is 0 Å². The lowest BCUT2D eigenvalue weighted by Gasteiger charge is -1.92. The van der Waals surface area contributed by atoms with Crippen LogP contribution < -0.4 is 10.5 Å². The van der Waals surface area contributed by atoms with Crippen molar-refractivity contribution in [2.24, 2.45) is 5.73 Å². The van der Waals surface area contributed by atoms with Crippen molar-refractivity contribution < 1.29 is 22.6 Å². The molecule has 15 heavy (non-hydrogen) atoms. The quantitative estimate of drug-likeness (QED) is 0.434. The first kappa shape index (κ1) is 15.8.